The van der Waals surface area contributed by atoms with Crippen molar-refractivity contribution in [3.05, 3.63) is 36.7 Å². The summed E-state index contributed by atoms with van der Waals surface area (Å²) in [6, 6.07) is 8.38. The summed E-state index contributed by atoms with van der Waals surface area (Å²) in [6.07, 6.45) is 5.95. The number of rotatable bonds is 4. The monoisotopic (exact) mass is 356 g/mol. The number of methoxy groups -OCH3 is 1. The predicted octanol–water partition coefficient (Wildman–Crippen LogP) is 3.16. The van der Waals surface area contributed by atoms with Gasteiger partial charge in [0.15, 0.2) is 0 Å². The normalized spacial score (nSPS) is 14.3. The zero-order valence-electron chi connectivity index (χ0n) is 13.0. The number of hydrogen-bond acceptors (Lipinski definition) is 5. The maximum atomic E-state index is 5.16. The Hall–Kier alpha value is -1.56. The van der Waals surface area contributed by atoms with Crippen LogP contribution in [0.1, 0.15) is 12.8 Å². The molecule has 1 saturated heterocycles. The maximum Gasteiger partial charge on any atom is 0.222 e. The van der Waals surface area contributed by atoms with E-state index in [0.29, 0.717) is 12.0 Å². The van der Waals surface area contributed by atoms with E-state index in [1.54, 1.807) is 7.11 Å². The summed E-state index contributed by atoms with van der Waals surface area (Å²) in [7, 11) is 1.67. The van der Waals surface area contributed by atoms with Gasteiger partial charge in [0, 0.05) is 24.0 Å². The lowest BCUT2D eigenvalue weighted by Gasteiger charge is -2.23. The van der Waals surface area contributed by atoms with E-state index in [1.807, 2.05) is 36.7 Å². The Labute approximate surface area is 149 Å². The molecular weight excluding hydrogens is 335 g/mol. The van der Waals surface area contributed by atoms with E-state index in [2.05, 4.69) is 20.6 Å². The Balaban J connectivity index is 0.00000132. The number of hydrogen-bond donors (Lipinski definition) is 2. The lowest BCUT2D eigenvalue weighted by Crippen LogP contribution is -2.35. The van der Waals surface area contributed by atoms with Crippen LogP contribution in [0.15, 0.2) is 36.7 Å². The first-order chi connectivity index (χ1) is 10.3. The summed E-state index contributed by atoms with van der Waals surface area (Å²) < 4.78 is 5.16. The van der Waals surface area contributed by atoms with Crippen molar-refractivity contribution in [2.45, 2.75) is 18.9 Å². The van der Waals surface area contributed by atoms with Gasteiger partial charge in [0.25, 0.3) is 0 Å². The van der Waals surface area contributed by atoms with E-state index in [9.17, 15) is 0 Å². The molecule has 3 rings (SSSR count). The molecule has 0 bridgehead atoms. The summed E-state index contributed by atoms with van der Waals surface area (Å²) in [5, 5.41) is 6.74. The molecule has 126 valence electrons. The second-order valence-electron chi connectivity index (χ2n) is 5.19. The number of benzene rings is 1. The Kier molecular flexibility index (Phi) is 8.09. The molecule has 2 N–H and O–H groups in total. The second-order valence-corrected chi connectivity index (χ2v) is 5.19. The minimum absolute atomic E-state index is 0. The Morgan fingerprint density at radius 1 is 1.00 bits per heavy atom. The van der Waals surface area contributed by atoms with Crippen molar-refractivity contribution in [3.63, 3.8) is 0 Å². The van der Waals surface area contributed by atoms with Crippen molar-refractivity contribution >= 4 is 30.8 Å². The van der Waals surface area contributed by atoms with Crippen molar-refractivity contribution in [3.8, 4) is 16.9 Å². The van der Waals surface area contributed by atoms with Crippen LogP contribution in [0.5, 0.6) is 5.75 Å². The minimum atomic E-state index is 0. The first kappa shape index (κ1) is 19.5. The molecule has 1 fully saturated rings. The third-order valence-corrected chi connectivity index (χ3v) is 3.75. The highest BCUT2D eigenvalue weighted by Crippen LogP contribution is 2.21. The van der Waals surface area contributed by atoms with Gasteiger partial charge in [-0.2, -0.15) is 0 Å². The Morgan fingerprint density at radius 2 is 1.61 bits per heavy atom. The number of nitrogens with zero attached hydrogens (tertiary/aromatic N) is 2. The molecule has 23 heavy (non-hydrogen) atoms. The minimum Gasteiger partial charge on any atom is -0.497 e. The third-order valence-electron chi connectivity index (χ3n) is 3.75. The van der Waals surface area contributed by atoms with E-state index in [0.717, 1.165) is 42.8 Å². The number of halogens is 2. The van der Waals surface area contributed by atoms with Crippen LogP contribution >= 0.6 is 24.8 Å². The SMILES string of the molecule is COc1ccc(-c2cnc(NC3CCNCC3)nc2)cc1.Cl.Cl. The molecule has 5 nitrogen and oxygen atoms in total. The topological polar surface area (TPSA) is 59.1 Å². The zero-order valence-corrected chi connectivity index (χ0v) is 14.6. The second kappa shape index (κ2) is 9.55. The van der Waals surface area contributed by atoms with Crippen molar-refractivity contribution in [2.75, 3.05) is 25.5 Å². The van der Waals surface area contributed by atoms with Gasteiger partial charge in [0.2, 0.25) is 5.95 Å². The summed E-state index contributed by atoms with van der Waals surface area (Å²) in [6.45, 7) is 2.11. The molecule has 0 saturated carbocycles. The van der Waals surface area contributed by atoms with Crippen molar-refractivity contribution in [1.29, 1.82) is 0 Å². The number of aromatic nitrogens is 2. The molecule has 2 aromatic rings. The van der Waals surface area contributed by atoms with Crippen LogP contribution in [-0.4, -0.2) is 36.2 Å². The number of piperidine rings is 1. The summed E-state index contributed by atoms with van der Waals surface area (Å²) in [5.41, 5.74) is 2.10. The number of ether oxygens (including phenoxy) is 1. The fraction of sp³-hybridized carbons (Fsp3) is 0.375. The number of nitrogens with one attached hydrogen (secondary N) is 2. The van der Waals surface area contributed by atoms with Crippen LogP contribution in [0.4, 0.5) is 5.95 Å². The van der Waals surface area contributed by atoms with Gasteiger partial charge in [-0.05, 0) is 43.6 Å². The lowest BCUT2D eigenvalue weighted by molar-refractivity contribution is 0.415. The third kappa shape index (κ3) is 5.23. The van der Waals surface area contributed by atoms with Gasteiger partial charge >= 0.3 is 0 Å². The van der Waals surface area contributed by atoms with Crippen molar-refractivity contribution in [2.24, 2.45) is 0 Å². The highest BCUT2D eigenvalue weighted by atomic mass is 35.5. The Bertz CT molecular complexity index is 572. The van der Waals surface area contributed by atoms with Crippen LogP contribution in [0, 0.1) is 0 Å². The molecule has 2 heterocycles. The highest BCUT2D eigenvalue weighted by Gasteiger charge is 2.13. The van der Waals surface area contributed by atoms with Gasteiger partial charge in [-0.3, -0.25) is 0 Å². The van der Waals surface area contributed by atoms with Crippen LogP contribution in [0.3, 0.4) is 0 Å². The van der Waals surface area contributed by atoms with Gasteiger partial charge in [-0.1, -0.05) is 12.1 Å². The van der Waals surface area contributed by atoms with Gasteiger partial charge in [-0.15, -0.1) is 24.8 Å². The first-order valence-electron chi connectivity index (χ1n) is 7.29. The highest BCUT2D eigenvalue weighted by molar-refractivity contribution is 5.85. The molecule has 1 aromatic carbocycles. The number of anilines is 1. The van der Waals surface area contributed by atoms with Crippen molar-refractivity contribution in [1.82, 2.24) is 15.3 Å². The van der Waals surface area contributed by atoms with Gasteiger partial charge < -0.3 is 15.4 Å². The average Bonchev–Trinajstić information content (AvgIpc) is 2.57. The smallest absolute Gasteiger partial charge is 0.222 e. The fourth-order valence-electron chi connectivity index (χ4n) is 2.48. The molecule has 0 amide bonds. The van der Waals surface area contributed by atoms with E-state index in [-0.39, 0.29) is 24.8 Å². The molecule has 0 aliphatic carbocycles. The largest absolute Gasteiger partial charge is 0.497 e. The molecule has 0 radical (unpaired) electrons. The van der Waals surface area contributed by atoms with Crippen LogP contribution in [-0.2, 0) is 0 Å². The molecule has 1 aliphatic heterocycles. The van der Waals surface area contributed by atoms with Crippen LogP contribution in [0.25, 0.3) is 11.1 Å². The van der Waals surface area contributed by atoms with E-state index >= 15 is 0 Å². The van der Waals surface area contributed by atoms with E-state index in [4.69, 9.17) is 4.74 Å². The van der Waals surface area contributed by atoms with Gasteiger partial charge in [-0.25, -0.2) is 9.97 Å². The predicted molar refractivity (Wildman–Crippen MR) is 98.0 cm³/mol. The quantitative estimate of drug-likeness (QED) is 0.880. The molecule has 0 spiro atoms. The average molecular weight is 357 g/mol. The first-order valence-corrected chi connectivity index (χ1v) is 7.29. The lowest BCUT2D eigenvalue weighted by atomic mass is 10.1. The van der Waals surface area contributed by atoms with Gasteiger partial charge in [0.05, 0.1) is 7.11 Å². The van der Waals surface area contributed by atoms with E-state index < -0.39 is 0 Å². The zero-order chi connectivity index (χ0) is 14.5. The van der Waals surface area contributed by atoms with Crippen molar-refractivity contribution < 1.29 is 4.74 Å². The summed E-state index contributed by atoms with van der Waals surface area (Å²) in [4.78, 5) is 8.84. The maximum absolute atomic E-state index is 5.16. The molecule has 1 aliphatic rings. The fourth-order valence-corrected chi connectivity index (χ4v) is 2.48. The van der Waals surface area contributed by atoms with Crippen LogP contribution < -0.4 is 15.4 Å². The van der Waals surface area contributed by atoms with E-state index in [1.165, 1.54) is 0 Å². The molecule has 0 unspecified atom stereocenters. The van der Waals surface area contributed by atoms with Gasteiger partial charge in [0.1, 0.15) is 5.75 Å². The molecule has 0 atom stereocenters. The summed E-state index contributed by atoms with van der Waals surface area (Å²) in [5.74, 6) is 1.56. The van der Waals surface area contributed by atoms with Crippen LogP contribution in [0.2, 0.25) is 0 Å². The molecular formula is C16H22Cl2N4O. The molecule has 1 aromatic heterocycles. The molecule has 7 heteroatoms. The summed E-state index contributed by atoms with van der Waals surface area (Å²) >= 11 is 0. The standard InChI is InChI=1S/C16H20N4O.2ClH/c1-21-15-4-2-12(3-5-15)13-10-18-16(19-11-13)20-14-6-8-17-9-7-14;;/h2-5,10-11,14,17H,6-9H2,1H3,(H,18,19,20);2*1H. The Morgan fingerprint density at radius 3 is 2.17 bits per heavy atom.